The zero-order chi connectivity index (χ0) is 17.5. The molecule has 0 atom stereocenters. The fourth-order valence-electron chi connectivity index (χ4n) is 2.52. The third-order valence-corrected chi connectivity index (χ3v) is 4.14. The lowest BCUT2D eigenvalue weighted by atomic mass is 10.1. The molecule has 6 heteroatoms. The highest BCUT2D eigenvalue weighted by atomic mass is 35.5. The molecule has 144 valence electrons. The lowest BCUT2D eigenvalue weighted by molar-refractivity contribution is 0.302. The molecule has 0 saturated heterocycles. The van der Waals surface area contributed by atoms with Crippen LogP contribution in [0, 0.1) is 6.92 Å². The number of hydrogen-bond donors (Lipinski definition) is 1. The largest absolute Gasteiger partial charge is 0.489 e. The van der Waals surface area contributed by atoms with E-state index in [1.54, 1.807) is 6.20 Å². The van der Waals surface area contributed by atoms with E-state index in [1.807, 2.05) is 36.5 Å². The van der Waals surface area contributed by atoms with E-state index in [0.29, 0.717) is 18.2 Å². The number of benzene rings is 2. The fraction of sp³-hybridized carbons (Fsp3) is 0.190. The summed E-state index contributed by atoms with van der Waals surface area (Å²) in [4.78, 5) is 4.13. The Morgan fingerprint density at radius 1 is 0.963 bits per heavy atom. The first kappa shape index (κ1) is 23.3. The Morgan fingerprint density at radius 3 is 2.44 bits per heavy atom. The first-order chi connectivity index (χ1) is 12.2. The summed E-state index contributed by atoms with van der Waals surface area (Å²) in [5, 5.41) is 4.12. The maximum atomic E-state index is 6.15. The molecule has 0 fully saturated rings. The van der Waals surface area contributed by atoms with Crippen molar-refractivity contribution in [2.45, 2.75) is 26.6 Å². The quantitative estimate of drug-likeness (QED) is 0.523. The van der Waals surface area contributed by atoms with Crippen molar-refractivity contribution in [1.29, 1.82) is 0 Å². The summed E-state index contributed by atoms with van der Waals surface area (Å²) in [7, 11) is 0. The molecule has 1 aromatic heterocycles. The molecule has 0 aliphatic carbocycles. The Kier molecular flexibility index (Phi) is 10.2. The number of nitrogens with zero attached hydrogens (tertiary/aromatic N) is 1. The summed E-state index contributed by atoms with van der Waals surface area (Å²) in [6.45, 7) is 4.05. The van der Waals surface area contributed by atoms with Gasteiger partial charge in [-0.15, -0.1) is 24.8 Å². The number of aromatic nitrogens is 1. The van der Waals surface area contributed by atoms with Crippen molar-refractivity contribution >= 4 is 36.4 Å². The lowest BCUT2D eigenvalue weighted by Crippen LogP contribution is -2.13. The molecule has 0 unspecified atom stereocenters. The molecule has 1 N–H and O–H groups in total. The van der Waals surface area contributed by atoms with E-state index in [1.165, 1.54) is 5.56 Å². The summed E-state index contributed by atoms with van der Waals surface area (Å²) in [6, 6.07) is 18.1. The summed E-state index contributed by atoms with van der Waals surface area (Å²) in [5.74, 6) is 0.851. The Hall–Kier alpha value is -1.78. The van der Waals surface area contributed by atoms with Gasteiger partial charge in [-0.3, -0.25) is 4.98 Å². The average molecular weight is 426 g/mol. The SMILES string of the molecule is Cc1ccc(COc2ccc(Cl)cc2CNCc2cccnc2)cc1.Cl.Cl. The molecular weight excluding hydrogens is 403 g/mol. The zero-order valence-corrected chi connectivity index (χ0v) is 17.4. The van der Waals surface area contributed by atoms with Crippen LogP contribution < -0.4 is 10.1 Å². The van der Waals surface area contributed by atoms with Gasteiger partial charge in [0.1, 0.15) is 12.4 Å². The van der Waals surface area contributed by atoms with Crippen LogP contribution in [0.4, 0.5) is 0 Å². The van der Waals surface area contributed by atoms with Gasteiger partial charge in [0.25, 0.3) is 0 Å². The summed E-state index contributed by atoms with van der Waals surface area (Å²) >= 11 is 6.15. The third-order valence-electron chi connectivity index (χ3n) is 3.90. The molecule has 0 aliphatic rings. The van der Waals surface area contributed by atoms with Crippen molar-refractivity contribution in [1.82, 2.24) is 10.3 Å². The normalized spacial score (nSPS) is 9.85. The van der Waals surface area contributed by atoms with Gasteiger partial charge in [-0.2, -0.15) is 0 Å². The van der Waals surface area contributed by atoms with Gasteiger partial charge in [-0.1, -0.05) is 47.5 Å². The molecule has 3 aromatic rings. The minimum absolute atomic E-state index is 0. The molecule has 0 amide bonds. The number of ether oxygens (including phenoxy) is 1. The van der Waals surface area contributed by atoms with Crippen LogP contribution >= 0.6 is 36.4 Å². The third kappa shape index (κ3) is 7.39. The summed E-state index contributed by atoms with van der Waals surface area (Å²) < 4.78 is 6.01. The van der Waals surface area contributed by atoms with Gasteiger partial charge in [-0.05, 0) is 42.3 Å². The lowest BCUT2D eigenvalue weighted by Gasteiger charge is -2.13. The molecule has 0 saturated carbocycles. The minimum atomic E-state index is 0. The van der Waals surface area contributed by atoms with Gasteiger partial charge in [0, 0.05) is 36.1 Å². The van der Waals surface area contributed by atoms with Gasteiger partial charge in [0.15, 0.2) is 0 Å². The van der Waals surface area contributed by atoms with Gasteiger partial charge in [0.2, 0.25) is 0 Å². The minimum Gasteiger partial charge on any atom is -0.489 e. The first-order valence-electron chi connectivity index (χ1n) is 8.27. The van der Waals surface area contributed by atoms with Crippen LogP contribution in [0.15, 0.2) is 67.0 Å². The van der Waals surface area contributed by atoms with Crippen molar-refractivity contribution in [3.05, 3.63) is 94.3 Å². The van der Waals surface area contributed by atoms with E-state index in [2.05, 4.69) is 41.5 Å². The maximum absolute atomic E-state index is 6.15. The highest BCUT2D eigenvalue weighted by Gasteiger charge is 2.06. The second kappa shape index (κ2) is 11.8. The van der Waals surface area contributed by atoms with E-state index in [4.69, 9.17) is 16.3 Å². The number of hydrogen-bond acceptors (Lipinski definition) is 3. The van der Waals surface area contributed by atoms with Gasteiger partial charge in [0.05, 0.1) is 0 Å². The van der Waals surface area contributed by atoms with E-state index in [9.17, 15) is 0 Å². The Bertz CT molecular complexity index is 811. The summed E-state index contributed by atoms with van der Waals surface area (Å²) in [6.07, 6.45) is 3.64. The number of pyridine rings is 1. The first-order valence-corrected chi connectivity index (χ1v) is 8.65. The molecule has 27 heavy (non-hydrogen) atoms. The second-order valence-corrected chi connectivity index (χ2v) is 6.43. The van der Waals surface area contributed by atoms with Crippen LogP contribution in [0.2, 0.25) is 5.02 Å². The number of nitrogens with one attached hydrogen (secondary N) is 1. The van der Waals surface area contributed by atoms with Crippen molar-refractivity contribution in [2.24, 2.45) is 0 Å². The molecule has 3 nitrogen and oxygen atoms in total. The zero-order valence-electron chi connectivity index (χ0n) is 15.0. The molecule has 0 radical (unpaired) electrons. The monoisotopic (exact) mass is 424 g/mol. The molecule has 1 heterocycles. The standard InChI is InChI=1S/C21H21ClN2O.2ClH/c1-16-4-6-17(7-5-16)15-25-21-9-8-20(22)11-19(21)14-24-13-18-3-2-10-23-12-18;;/h2-12,24H,13-15H2,1H3;2*1H. The molecule has 0 spiro atoms. The van der Waals surface area contributed by atoms with Crippen LogP contribution in [0.25, 0.3) is 0 Å². The van der Waals surface area contributed by atoms with Crippen LogP contribution in [-0.4, -0.2) is 4.98 Å². The van der Waals surface area contributed by atoms with Crippen LogP contribution in [0.3, 0.4) is 0 Å². The molecule has 3 rings (SSSR count). The maximum Gasteiger partial charge on any atom is 0.124 e. The van der Waals surface area contributed by atoms with E-state index in [-0.39, 0.29) is 24.8 Å². The smallest absolute Gasteiger partial charge is 0.124 e. The number of rotatable bonds is 7. The average Bonchev–Trinajstić information content (AvgIpc) is 2.63. The van der Waals surface area contributed by atoms with Crippen molar-refractivity contribution < 1.29 is 4.74 Å². The highest BCUT2D eigenvalue weighted by Crippen LogP contribution is 2.24. The Balaban J connectivity index is 0.00000182. The van der Waals surface area contributed by atoms with Crippen LogP contribution in [0.1, 0.15) is 22.3 Å². The van der Waals surface area contributed by atoms with Crippen molar-refractivity contribution in [3.63, 3.8) is 0 Å². The number of aryl methyl sites for hydroxylation is 1. The topological polar surface area (TPSA) is 34.1 Å². The van der Waals surface area contributed by atoms with Crippen LogP contribution in [0.5, 0.6) is 5.75 Å². The van der Waals surface area contributed by atoms with Gasteiger partial charge < -0.3 is 10.1 Å². The Labute approximate surface area is 177 Å². The molecule has 0 aliphatic heterocycles. The van der Waals surface area contributed by atoms with Crippen LogP contribution in [-0.2, 0) is 19.7 Å². The fourth-order valence-corrected chi connectivity index (χ4v) is 2.71. The Morgan fingerprint density at radius 2 is 1.74 bits per heavy atom. The highest BCUT2D eigenvalue weighted by molar-refractivity contribution is 6.30. The van der Waals surface area contributed by atoms with E-state index in [0.717, 1.165) is 29.0 Å². The predicted octanol–water partition coefficient (Wildman–Crippen LogP) is 5.76. The van der Waals surface area contributed by atoms with Crippen molar-refractivity contribution in [2.75, 3.05) is 0 Å². The predicted molar refractivity (Wildman–Crippen MR) is 116 cm³/mol. The molecule has 2 aromatic carbocycles. The van der Waals surface area contributed by atoms with Gasteiger partial charge in [-0.25, -0.2) is 0 Å². The van der Waals surface area contributed by atoms with Crippen molar-refractivity contribution in [3.8, 4) is 5.75 Å². The molecular formula is C21H23Cl3N2O. The second-order valence-electron chi connectivity index (χ2n) is 5.99. The number of halogens is 3. The van der Waals surface area contributed by atoms with E-state index < -0.39 is 0 Å². The van der Waals surface area contributed by atoms with E-state index >= 15 is 0 Å². The summed E-state index contributed by atoms with van der Waals surface area (Å²) in [5.41, 5.74) is 4.58. The van der Waals surface area contributed by atoms with Gasteiger partial charge >= 0.3 is 0 Å². The molecule has 0 bridgehead atoms.